The Labute approximate surface area is 192 Å². The van der Waals surface area contributed by atoms with Gasteiger partial charge in [0.15, 0.2) is 9.84 Å². The highest BCUT2D eigenvalue weighted by Crippen LogP contribution is 2.34. The van der Waals surface area contributed by atoms with Crippen LogP contribution >= 0.6 is 0 Å². The number of benzene rings is 2. The van der Waals surface area contributed by atoms with Gasteiger partial charge >= 0.3 is 6.18 Å². The van der Waals surface area contributed by atoms with Gasteiger partial charge in [0.05, 0.1) is 26.8 Å². The molecule has 3 rings (SSSR count). The van der Waals surface area contributed by atoms with Crippen LogP contribution in [0.2, 0.25) is 0 Å². The Kier molecular flexibility index (Phi) is 6.51. The molecule has 0 fully saturated rings. The molecule has 2 aromatic carbocycles. The predicted molar refractivity (Wildman–Crippen MR) is 115 cm³/mol. The SMILES string of the molecule is Cc1cc(C)n(-c2ccc(CNC(=O)c3cc([N+](=O)[O-])cc(S(C)(=O)=O)c3)c(C(F)(F)F)c2)n1. The van der Waals surface area contributed by atoms with Gasteiger partial charge in [-0.1, -0.05) is 6.07 Å². The lowest BCUT2D eigenvalue weighted by molar-refractivity contribution is -0.385. The number of nitro groups is 1. The van der Waals surface area contributed by atoms with Gasteiger partial charge in [0, 0.05) is 36.2 Å². The van der Waals surface area contributed by atoms with Crippen LogP contribution in [0.4, 0.5) is 18.9 Å². The summed E-state index contributed by atoms with van der Waals surface area (Å²) < 4.78 is 66.2. The molecule has 13 heteroatoms. The van der Waals surface area contributed by atoms with E-state index in [0.29, 0.717) is 11.4 Å². The van der Waals surface area contributed by atoms with E-state index in [1.807, 2.05) is 0 Å². The number of hydrogen-bond acceptors (Lipinski definition) is 6. The molecule has 0 atom stereocenters. The van der Waals surface area contributed by atoms with E-state index in [0.717, 1.165) is 30.5 Å². The molecule has 180 valence electrons. The molecule has 0 unspecified atom stereocenters. The van der Waals surface area contributed by atoms with Crippen molar-refractivity contribution in [1.82, 2.24) is 15.1 Å². The number of aromatic nitrogens is 2. The first kappa shape index (κ1) is 24.9. The Bertz CT molecular complexity index is 1400. The van der Waals surface area contributed by atoms with Crippen LogP contribution in [0.25, 0.3) is 5.69 Å². The molecule has 0 bridgehead atoms. The second-order valence-electron chi connectivity index (χ2n) is 7.61. The second-order valence-corrected chi connectivity index (χ2v) is 9.62. The Morgan fingerprint density at radius 3 is 2.35 bits per heavy atom. The van der Waals surface area contributed by atoms with Gasteiger partial charge < -0.3 is 5.32 Å². The zero-order valence-corrected chi connectivity index (χ0v) is 19.0. The lowest BCUT2D eigenvalue weighted by Gasteiger charge is -2.16. The number of carbonyl (C=O) groups is 1. The van der Waals surface area contributed by atoms with Gasteiger partial charge in [0.1, 0.15) is 0 Å². The summed E-state index contributed by atoms with van der Waals surface area (Å²) in [6.45, 7) is 2.86. The number of nitrogens with zero attached hydrogens (tertiary/aromatic N) is 3. The summed E-state index contributed by atoms with van der Waals surface area (Å²) in [7, 11) is -3.88. The first-order valence-corrected chi connectivity index (χ1v) is 11.6. The minimum absolute atomic E-state index is 0.185. The van der Waals surface area contributed by atoms with E-state index >= 15 is 0 Å². The predicted octanol–water partition coefficient (Wildman–Crippen LogP) is 3.75. The van der Waals surface area contributed by atoms with Crippen molar-refractivity contribution >= 4 is 21.4 Å². The number of rotatable bonds is 6. The van der Waals surface area contributed by atoms with Gasteiger partial charge in [-0.3, -0.25) is 14.9 Å². The number of non-ortho nitro benzene ring substituents is 1. The molecule has 9 nitrogen and oxygen atoms in total. The van der Waals surface area contributed by atoms with E-state index in [2.05, 4.69) is 10.4 Å². The van der Waals surface area contributed by atoms with Gasteiger partial charge in [0.25, 0.3) is 11.6 Å². The lowest BCUT2D eigenvalue weighted by Crippen LogP contribution is -2.25. The van der Waals surface area contributed by atoms with Gasteiger partial charge in [0.2, 0.25) is 0 Å². The largest absolute Gasteiger partial charge is 0.416 e. The van der Waals surface area contributed by atoms with Crippen molar-refractivity contribution in [2.24, 2.45) is 0 Å². The fourth-order valence-electron chi connectivity index (χ4n) is 3.32. The molecule has 1 aromatic heterocycles. The average molecular weight is 496 g/mol. The van der Waals surface area contributed by atoms with Crippen molar-refractivity contribution in [2.75, 3.05) is 6.26 Å². The molecular weight excluding hydrogens is 477 g/mol. The Hall–Kier alpha value is -3.74. The van der Waals surface area contributed by atoms with Crippen LogP contribution in [-0.4, -0.2) is 35.3 Å². The molecule has 0 aliphatic rings. The highest BCUT2D eigenvalue weighted by molar-refractivity contribution is 7.90. The first-order valence-electron chi connectivity index (χ1n) is 9.68. The topological polar surface area (TPSA) is 124 Å². The van der Waals surface area contributed by atoms with E-state index in [1.54, 1.807) is 19.9 Å². The number of nitro benzene ring substituents is 1. The number of carbonyl (C=O) groups excluding carboxylic acids is 1. The van der Waals surface area contributed by atoms with Crippen LogP contribution in [-0.2, 0) is 22.6 Å². The van der Waals surface area contributed by atoms with Crippen LogP contribution in [0.5, 0.6) is 0 Å². The van der Waals surface area contributed by atoms with Crippen LogP contribution in [0.15, 0.2) is 47.4 Å². The number of nitrogens with one attached hydrogen (secondary N) is 1. The third-order valence-electron chi connectivity index (χ3n) is 4.88. The molecule has 0 saturated heterocycles. The number of halogens is 3. The summed E-state index contributed by atoms with van der Waals surface area (Å²) in [5.74, 6) is -0.968. The van der Waals surface area contributed by atoms with Gasteiger partial charge in [-0.25, -0.2) is 13.1 Å². The Morgan fingerprint density at radius 1 is 1.15 bits per heavy atom. The standard InChI is InChI=1S/C21H19F3N4O5S/c1-12-6-13(2)27(26-12)16-5-4-14(19(10-16)21(22,23)24)11-25-20(29)15-7-17(28(30)31)9-18(8-15)34(3,32)33/h4-10H,11H2,1-3H3,(H,25,29). The second kappa shape index (κ2) is 8.89. The quantitative estimate of drug-likeness (QED) is 0.409. The maximum Gasteiger partial charge on any atom is 0.416 e. The third-order valence-corrected chi connectivity index (χ3v) is 5.98. The summed E-state index contributed by atoms with van der Waals surface area (Å²) in [4.78, 5) is 22.3. The molecule has 0 saturated carbocycles. The minimum Gasteiger partial charge on any atom is -0.348 e. The summed E-state index contributed by atoms with van der Waals surface area (Å²) in [6.07, 6.45) is -3.92. The molecule has 0 aliphatic heterocycles. The van der Waals surface area contributed by atoms with E-state index in [9.17, 15) is 36.5 Å². The number of sulfone groups is 1. The smallest absolute Gasteiger partial charge is 0.348 e. The highest BCUT2D eigenvalue weighted by atomic mass is 32.2. The van der Waals surface area contributed by atoms with E-state index in [1.165, 1.54) is 16.8 Å². The number of hydrogen-bond donors (Lipinski definition) is 1. The van der Waals surface area contributed by atoms with E-state index < -0.39 is 49.5 Å². The Morgan fingerprint density at radius 2 is 1.82 bits per heavy atom. The maximum absolute atomic E-state index is 13.7. The van der Waals surface area contributed by atoms with Crippen molar-refractivity contribution < 1.29 is 31.3 Å². The van der Waals surface area contributed by atoms with E-state index in [4.69, 9.17) is 0 Å². The lowest BCUT2D eigenvalue weighted by atomic mass is 10.1. The number of alkyl halides is 3. The van der Waals surface area contributed by atoms with Crippen LogP contribution in [0, 0.1) is 24.0 Å². The monoisotopic (exact) mass is 496 g/mol. The zero-order chi connectivity index (χ0) is 25.4. The van der Waals surface area contributed by atoms with Gasteiger partial charge in [-0.05, 0) is 43.7 Å². The molecular formula is C21H19F3N4O5S. The van der Waals surface area contributed by atoms with Crippen LogP contribution in [0.3, 0.4) is 0 Å². The molecule has 1 amide bonds. The van der Waals surface area contributed by atoms with Crippen molar-refractivity contribution in [2.45, 2.75) is 31.5 Å². The Balaban J connectivity index is 1.93. The van der Waals surface area contributed by atoms with Gasteiger partial charge in [-0.15, -0.1) is 0 Å². The fraction of sp³-hybridized carbons (Fsp3) is 0.238. The van der Waals surface area contributed by atoms with Crippen molar-refractivity contribution in [3.63, 3.8) is 0 Å². The molecule has 0 radical (unpaired) electrons. The summed E-state index contributed by atoms with van der Waals surface area (Å²) in [6, 6.07) is 7.82. The van der Waals surface area contributed by atoms with Crippen molar-refractivity contribution in [1.29, 1.82) is 0 Å². The molecule has 34 heavy (non-hydrogen) atoms. The normalized spacial score (nSPS) is 11.9. The highest BCUT2D eigenvalue weighted by Gasteiger charge is 2.34. The van der Waals surface area contributed by atoms with Crippen molar-refractivity contribution in [3.05, 3.63) is 80.7 Å². The number of amides is 1. The maximum atomic E-state index is 13.7. The summed E-state index contributed by atoms with van der Waals surface area (Å²) >= 11 is 0. The molecule has 1 heterocycles. The van der Waals surface area contributed by atoms with E-state index in [-0.39, 0.29) is 16.8 Å². The minimum atomic E-state index is -4.73. The van der Waals surface area contributed by atoms with Crippen LogP contribution < -0.4 is 5.32 Å². The summed E-state index contributed by atoms with van der Waals surface area (Å²) in [5.41, 5.74) is -0.800. The number of aryl methyl sites for hydroxylation is 2. The third kappa shape index (κ3) is 5.42. The zero-order valence-electron chi connectivity index (χ0n) is 18.2. The molecule has 0 aliphatic carbocycles. The molecule has 1 N–H and O–H groups in total. The molecule has 3 aromatic rings. The van der Waals surface area contributed by atoms with Crippen molar-refractivity contribution in [3.8, 4) is 5.69 Å². The summed E-state index contributed by atoms with van der Waals surface area (Å²) in [5, 5.41) is 17.6. The van der Waals surface area contributed by atoms with Crippen LogP contribution in [0.1, 0.15) is 32.9 Å². The van der Waals surface area contributed by atoms with Gasteiger partial charge in [-0.2, -0.15) is 18.3 Å². The average Bonchev–Trinajstić information content (AvgIpc) is 3.08. The first-order chi connectivity index (χ1) is 15.7. The fourth-order valence-corrected chi connectivity index (χ4v) is 3.99. The molecule has 0 spiro atoms.